The van der Waals surface area contributed by atoms with Gasteiger partial charge in [-0.1, -0.05) is 17.7 Å². The number of ketones is 1. The van der Waals surface area contributed by atoms with Crippen LogP contribution < -0.4 is 15.2 Å². The predicted molar refractivity (Wildman–Crippen MR) is 137 cm³/mol. The van der Waals surface area contributed by atoms with E-state index in [4.69, 9.17) is 31.8 Å². The summed E-state index contributed by atoms with van der Waals surface area (Å²) in [6.07, 6.45) is 0.834. The average molecular weight is 494 g/mol. The molecule has 1 aliphatic heterocycles. The van der Waals surface area contributed by atoms with Gasteiger partial charge in [-0.05, 0) is 54.6 Å². The first-order chi connectivity index (χ1) is 16.4. The van der Waals surface area contributed by atoms with E-state index in [-0.39, 0.29) is 5.78 Å². The summed E-state index contributed by atoms with van der Waals surface area (Å²) in [7, 11) is 5.33. The largest absolute Gasteiger partial charge is 0.493 e. The topological polar surface area (TPSA) is 77.7 Å². The van der Waals surface area contributed by atoms with Crippen LogP contribution in [0.2, 0.25) is 5.02 Å². The molecule has 0 amide bonds. The van der Waals surface area contributed by atoms with Crippen LogP contribution in [0, 0.1) is 0 Å². The SMILES string of the molecule is COc1ccc(-c2c3c(nc4sc(C(=O)c5ccc(Cl)cc5)c(N)c24)CCN(C)C3)cc1OC. The number of carbonyl (C=O) groups is 1. The van der Waals surface area contributed by atoms with E-state index in [9.17, 15) is 4.79 Å². The van der Waals surface area contributed by atoms with Crippen LogP contribution in [0.5, 0.6) is 11.5 Å². The molecule has 0 radical (unpaired) electrons. The van der Waals surface area contributed by atoms with Crippen LogP contribution in [0.25, 0.3) is 21.3 Å². The molecule has 8 heteroatoms. The standard InChI is InChI=1S/C26H24ClN3O3S/c1-30-11-10-18-17(13-30)21(15-6-9-19(32-2)20(12-15)33-3)22-23(28)25(34-26(22)29-18)24(31)14-4-7-16(27)8-5-14/h4-9,12H,10-11,13,28H2,1-3H3. The summed E-state index contributed by atoms with van der Waals surface area (Å²) in [5, 5.41) is 1.39. The Morgan fingerprint density at radius 2 is 1.85 bits per heavy atom. The van der Waals surface area contributed by atoms with Crippen LogP contribution in [-0.2, 0) is 13.0 Å². The van der Waals surface area contributed by atoms with Crippen molar-refractivity contribution in [3.05, 3.63) is 69.2 Å². The number of nitrogens with zero attached hydrogens (tertiary/aromatic N) is 2. The molecule has 0 bridgehead atoms. The molecule has 1 aliphatic rings. The molecule has 3 heterocycles. The van der Waals surface area contributed by atoms with Gasteiger partial charge in [0.05, 0.1) is 19.9 Å². The van der Waals surface area contributed by atoms with Crippen molar-refractivity contribution in [3.8, 4) is 22.6 Å². The molecule has 2 aromatic heterocycles. The number of likely N-dealkylation sites (N-methyl/N-ethyl adjacent to an activating group) is 1. The van der Waals surface area contributed by atoms with Gasteiger partial charge in [-0.2, -0.15) is 0 Å². The van der Waals surface area contributed by atoms with Crippen LogP contribution in [0.4, 0.5) is 5.69 Å². The Labute approximate surface area is 206 Å². The van der Waals surface area contributed by atoms with E-state index >= 15 is 0 Å². The third-order valence-electron chi connectivity index (χ3n) is 6.21. The van der Waals surface area contributed by atoms with Crippen LogP contribution in [-0.4, -0.2) is 43.5 Å². The van der Waals surface area contributed by atoms with Crippen molar-refractivity contribution in [2.24, 2.45) is 0 Å². The summed E-state index contributed by atoms with van der Waals surface area (Å²) in [6.45, 7) is 1.67. The fourth-order valence-electron chi connectivity index (χ4n) is 4.47. The van der Waals surface area contributed by atoms with Gasteiger partial charge in [0.1, 0.15) is 9.71 Å². The van der Waals surface area contributed by atoms with Gasteiger partial charge in [-0.25, -0.2) is 4.98 Å². The predicted octanol–water partition coefficient (Wildman–Crippen LogP) is 5.44. The Bertz CT molecular complexity index is 1420. The lowest BCUT2D eigenvalue weighted by atomic mass is 9.91. The molecule has 0 fully saturated rings. The Morgan fingerprint density at radius 3 is 2.56 bits per heavy atom. The number of benzene rings is 2. The molecule has 6 nitrogen and oxygen atoms in total. The maximum absolute atomic E-state index is 13.4. The number of nitrogens with two attached hydrogens (primary N) is 1. The monoisotopic (exact) mass is 493 g/mol. The van der Waals surface area contributed by atoms with E-state index < -0.39 is 0 Å². The van der Waals surface area contributed by atoms with Gasteiger partial charge in [0.25, 0.3) is 0 Å². The number of rotatable bonds is 5. The van der Waals surface area contributed by atoms with Crippen molar-refractivity contribution < 1.29 is 14.3 Å². The third kappa shape index (κ3) is 3.79. The number of fused-ring (bicyclic) bond motifs is 2. The number of methoxy groups -OCH3 is 2. The smallest absolute Gasteiger partial charge is 0.205 e. The second kappa shape index (κ2) is 8.91. The first kappa shape index (κ1) is 22.7. The van der Waals surface area contributed by atoms with Crippen LogP contribution in [0.15, 0.2) is 42.5 Å². The summed E-state index contributed by atoms with van der Waals surface area (Å²) in [6, 6.07) is 12.7. The van der Waals surface area contributed by atoms with Crippen LogP contribution >= 0.6 is 22.9 Å². The van der Waals surface area contributed by atoms with Crippen molar-refractivity contribution in [1.29, 1.82) is 0 Å². The number of hydrogen-bond acceptors (Lipinski definition) is 7. The molecule has 2 N–H and O–H groups in total. The van der Waals surface area contributed by atoms with Crippen LogP contribution in [0.1, 0.15) is 26.5 Å². The fraction of sp³-hybridized carbons (Fsp3) is 0.231. The Hall–Kier alpha value is -3.13. The summed E-state index contributed by atoms with van der Waals surface area (Å²) < 4.78 is 11.0. The zero-order valence-corrected chi connectivity index (χ0v) is 20.7. The van der Waals surface area contributed by atoms with E-state index in [1.165, 1.54) is 11.3 Å². The first-order valence-electron chi connectivity index (χ1n) is 10.9. The van der Waals surface area contributed by atoms with E-state index in [2.05, 4.69) is 11.9 Å². The summed E-state index contributed by atoms with van der Waals surface area (Å²) in [4.78, 5) is 21.9. The number of ether oxygens (including phenoxy) is 2. The lowest BCUT2D eigenvalue weighted by Crippen LogP contribution is -2.27. The fourth-order valence-corrected chi connectivity index (χ4v) is 5.68. The van der Waals surface area contributed by atoms with Crippen LogP contribution in [0.3, 0.4) is 0 Å². The number of thiophene rings is 1. The molecule has 0 atom stereocenters. The number of carbonyl (C=O) groups excluding carboxylic acids is 1. The number of anilines is 1. The van der Waals surface area contributed by atoms with Gasteiger partial charge < -0.3 is 20.1 Å². The van der Waals surface area contributed by atoms with E-state index in [1.54, 1.807) is 38.5 Å². The molecule has 0 aliphatic carbocycles. The van der Waals surface area contributed by atoms with Gasteiger partial charge >= 0.3 is 0 Å². The zero-order chi connectivity index (χ0) is 24.0. The number of pyridine rings is 1. The minimum absolute atomic E-state index is 0.134. The molecule has 34 heavy (non-hydrogen) atoms. The summed E-state index contributed by atoms with van der Waals surface area (Å²) in [5.41, 5.74) is 11.8. The van der Waals surface area contributed by atoms with Gasteiger partial charge in [-0.15, -0.1) is 11.3 Å². The maximum atomic E-state index is 13.4. The van der Waals surface area contributed by atoms with Crippen molar-refractivity contribution in [2.45, 2.75) is 13.0 Å². The molecular formula is C26H24ClN3O3S. The first-order valence-corrected chi connectivity index (χ1v) is 12.1. The molecular weight excluding hydrogens is 470 g/mol. The highest BCUT2D eigenvalue weighted by Gasteiger charge is 2.27. The van der Waals surface area contributed by atoms with Crippen molar-refractivity contribution in [2.75, 3.05) is 33.5 Å². The molecule has 0 unspecified atom stereocenters. The molecule has 0 saturated heterocycles. The van der Waals surface area contributed by atoms with Gasteiger partial charge in [0, 0.05) is 46.7 Å². The zero-order valence-electron chi connectivity index (χ0n) is 19.1. The van der Waals surface area contributed by atoms with Gasteiger partial charge in [0.2, 0.25) is 5.78 Å². The quantitative estimate of drug-likeness (QED) is 0.373. The molecule has 174 valence electrons. The molecule has 0 saturated carbocycles. The third-order valence-corrected chi connectivity index (χ3v) is 7.56. The molecule has 0 spiro atoms. The number of hydrogen-bond donors (Lipinski definition) is 1. The number of nitrogen functional groups attached to an aromatic ring is 1. The highest BCUT2D eigenvalue weighted by Crippen LogP contribution is 2.45. The Kier molecular flexibility index (Phi) is 5.93. The maximum Gasteiger partial charge on any atom is 0.205 e. The minimum atomic E-state index is -0.134. The van der Waals surface area contributed by atoms with Crippen molar-refractivity contribution in [1.82, 2.24) is 9.88 Å². The summed E-state index contributed by atoms with van der Waals surface area (Å²) in [5.74, 6) is 1.15. The second-order valence-corrected chi connectivity index (χ2v) is 9.77. The highest BCUT2D eigenvalue weighted by atomic mass is 35.5. The highest BCUT2D eigenvalue weighted by molar-refractivity contribution is 7.21. The van der Waals surface area contributed by atoms with E-state index in [1.807, 2.05) is 18.2 Å². The Balaban J connectivity index is 1.77. The van der Waals surface area contributed by atoms with Gasteiger partial charge in [0.15, 0.2) is 11.5 Å². The van der Waals surface area contributed by atoms with Crippen molar-refractivity contribution >= 4 is 44.6 Å². The molecule has 2 aromatic carbocycles. The van der Waals surface area contributed by atoms with Crippen molar-refractivity contribution in [3.63, 3.8) is 0 Å². The average Bonchev–Trinajstić information content (AvgIpc) is 3.18. The van der Waals surface area contributed by atoms with E-state index in [0.29, 0.717) is 32.6 Å². The Morgan fingerprint density at radius 1 is 1.12 bits per heavy atom. The lowest BCUT2D eigenvalue weighted by Gasteiger charge is -2.27. The minimum Gasteiger partial charge on any atom is -0.493 e. The van der Waals surface area contributed by atoms with E-state index in [0.717, 1.165) is 52.1 Å². The molecule has 4 aromatic rings. The lowest BCUT2D eigenvalue weighted by molar-refractivity contribution is 0.104. The second-order valence-electron chi connectivity index (χ2n) is 8.33. The molecule has 5 rings (SSSR count). The van der Waals surface area contributed by atoms with Gasteiger partial charge in [-0.3, -0.25) is 4.79 Å². The number of aromatic nitrogens is 1. The number of halogens is 1. The summed E-state index contributed by atoms with van der Waals surface area (Å²) >= 11 is 7.35. The normalized spacial score (nSPS) is 13.6.